The predicted molar refractivity (Wildman–Crippen MR) is 107 cm³/mol. The third-order valence-electron chi connectivity index (χ3n) is 5.29. The minimum absolute atomic E-state index is 0.164. The van der Waals surface area contributed by atoms with E-state index in [0.29, 0.717) is 0 Å². The molecule has 0 aliphatic rings. The van der Waals surface area contributed by atoms with Crippen LogP contribution in [0.3, 0.4) is 0 Å². The number of hydrogen-bond donors (Lipinski definition) is 0. The molecule has 0 aliphatic heterocycles. The second kappa shape index (κ2) is 5.12. The van der Waals surface area contributed by atoms with Gasteiger partial charge in [-0.3, -0.25) is 0 Å². The van der Waals surface area contributed by atoms with Crippen LogP contribution in [-0.2, 0) is 17.9 Å². The molecule has 0 N–H and O–H groups in total. The van der Waals surface area contributed by atoms with E-state index in [1.54, 1.807) is 0 Å². The van der Waals surface area contributed by atoms with Crippen molar-refractivity contribution in [2.45, 2.75) is 66.2 Å². The van der Waals surface area contributed by atoms with Gasteiger partial charge in [0.25, 0.3) is 0 Å². The van der Waals surface area contributed by atoms with Crippen LogP contribution in [0.2, 0.25) is 0 Å². The van der Waals surface area contributed by atoms with Crippen molar-refractivity contribution in [3.05, 3.63) is 46.5 Å². The molecule has 3 rings (SSSR count). The number of fused-ring (bicyclic) bond motifs is 3. The lowest BCUT2D eigenvalue weighted by molar-refractivity contribution is 0.590. The molecule has 0 radical (unpaired) electrons. The zero-order valence-corrected chi connectivity index (χ0v) is 16.8. The van der Waals surface area contributed by atoms with Gasteiger partial charge in [0.15, 0.2) is 0 Å². The molecule has 128 valence electrons. The van der Waals surface area contributed by atoms with E-state index in [4.69, 9.17) is 0 Å². The van der Waals surface area contributed by atoms with Crippen LogP contribution >= 0.6 is 0 Å². The first-order chi connectivity index (χ1) is 10.9. The molecule has 1 nitrogen and oxygen atoms in total. The Labute approximate surface area is 146 Å². The smallest absolute Gasteiger partial charge is 0.0518 e. The Morgan fingerprint density at radius 2 is 0.958 bits per heavy atom. The summed E-state index contributed by atoms with van der Waals surface area (Å²) in [5.74, 6) is 0. The van der Waals surface area contributed by atoms with Gasteiger partial charge >= 0.3 is 0 Å². The molecule has 0 amide bonds. The van der Waals surface area contributed by atoms with Gasteiger partial charge in [-0.25, -0.2) is 0 Å². The molecule has 1 heteroatoms. The van der Waals surface area contributed by atoms with E-state index < -0.39 is 0 Å². The number of aryl methyl sites for hydroxylation is 3. The summed E-state index contributed by atoms with van der Waals surface area (Å²) in [6.07, 6.45) is 0. The molecule has 0 saturated carbocycles. The van der Waals surface area contributed by atoms with Crippen LogP contribution in [0.5, 0.6) is 0 Å². The highest BCUT2D eigenvalue weighted by molar-refractivity contribution is 6.10. The largest absolute Gasteiger partial charge is 0.343 e. The van der Waals surface area contributed by atoms with Gasteiger partial charge in [-0.05, 0) is 59.1 Å². The van der Waals surface area contributed by atoms with E-state index in [0.717, 1.165) is 0 Å². The van der Waals surface area contributed by atoms with Crippen LogP contribution < -0.4 is 0 Å². The minimum atomic E-state index is 0.164. The summed E-state index contributed by atoms with van der Waals surface area (Å²) < 4.78 is 2.38. The van der Waals surface area contributed by atoms with Gasteiger partial charge in [0.2, 0.25) is 0 Å². The maximum atomic E-state index is 2.41. The summed E-state index contributed by atoms with van der Waals surface area (Å²) in [5, 5.41) is 2.79. The van der Waals surface area contributed by atoms with E-state index in [9.17, 15) is 0 Å². The molecule has 1 heterocycles. The molecule has 0 aliphatic carbocycles. The van der Waals surface area contributed by atoms with Crippen LogP contribution in [0.15, 0.2) is 24.3 Å². The number of aromatic nitrogens is 1. The standard InChI is InChI=1S/C23H31N/c1-14-10-16(22(3,4)5)12-18-19-13-17(23(6,7)8)11-15(2)21(19)24(9)20(14)18/h10-13H,1-9H3. The molecule has 24 heavy (non-hydrogen) atoms. The van der Waals surface area contributed by atoms with Crippen molar-refractivity contribution in [1.82, 2.24) is 4.57 Å². The fourth-order valence-electron chi connectivity index (χ4n) is 3.84. The zero-order valence-electron chi connectivity index (χ0n) is 16.8. The Hall–Kier alpha value is -1.76. The molecule has 0 spiro atoms. The second-order valence-electron chi connectivity index (χ2n) is 9.44. The van der Waals surface area contributed by atoms with Gasteiger partial charge in [-0.15, -0.1) is 0 Å². The Morgan fingerprint density at radius 3 is 1.25 bits per heavy atom. The van der Waals surface area contributed by atoms with Crippen LogP contribution in [0.25, 0.3) is 21.8 Å². The average Bonchev–Trinajstić information content (AvgIpc) is 2.71. The summed E-state index contributed by atoms with van der Waals surface area (Å²) in [6.45, 7) is 18.3. The molecular formula is C23H31N. The molecule has 2 aromatic carbocycles. The lowest BCUT2D eigenvalue weighted by atomic mass is 9.83. The van der Waals surface area contributed by atoms with Gasteiger partial charge in [-0.2, -0.15) is 0 Å². The molecular weight excluding hydrogens is 290 g/mol. The monoisotopic (exact) mass is 321 g/mol. The highest BCUT2D eigenvalue weighted by Crippen LogP contribution is 2.38. The Bertz CT molecular complexity index is 863. The first-order valence-corrected chi connectivity index (χ1v) is 8.95. The van der Waals surface area contributed by atoms with Crippen LogP contribution in [-0.4, -0.2) is 4.57 Å². The molecule has 0 saturated heterocycles. The van der Waals surface area contributed by atoms with Crippen LogP contribution in [0.1, 0.15) is 63.8 Å². The quantitative estimate of drug-likeness (QED) is 0.443. The van der Waals surface area contributed by atoms with E-state index >= 15 is 0 Å². The lowest BCUT2D eigenvalue weighted by Gasteiger charge is -2.21. The molecule has 3 aromatic rings. The summed E-state index contributed by atoms with van der Waals surface area (Å²) >= 11 is 0. The normalized spacial score (nSPS) is 13.2. The van der Waals surface area contributed by atoms with Crippen molar-refractivity contribution < 1.29 is 0 Å². The molecule has 0 fully saturated rings. The topological polar surface area (TPSA) is 4.93 Å². The first-order valence-electron chi connectivity index (χ1n) is 8.95. The fourth-order valence-corrected chi connectivity index (χ4v) is 3.84. The van der Waals surface area contributed by atoms with Gasteiger partial charge in [0.05, 0.1) is 11.0 Å². The van der Waals surface area contributed by atoms with E-state index in [2.05, 4.69) is 91.3 Å². The van der Waals surface area contributed by atoms with Crippen molar-refractivity contribution in [1.29, 1.82) is 0 Å². The first kappa shape index (κ1) is 17.1. The van der Waals surface area contributed by atoms with E-state index in [1.165, 1.54) is 44.1 Å². The van der Waals surface area contributed by atoms with Crippen molar-refractivity contribution in [3.63, 3.8) is 0 Å². The third kappa shape index (κ3) is 2.55. The van der Waals surface area contributed by atoms with Gasteiger partial charge in [0, 0.05) is 17.8 Å². The lowest BCUT2D eigenvalue weighted by Crippen LogP contribution is -2.11. The Morgan fingerprint density at radius 1 is 0.625 bits per heavy atom. The van der Waals surface area contributed by atoms with Gasteiger partial charge in [0.1, 0.15) is 0 Å². The highest BCUT2D eigenvalue weighted by Gasteiger charge is 2.21. The summed E-state index contributed by atoms with van der Waals surface area (Å²) in [5.41, 5.74) is 8.63. The molecule has 0 unspecified atom stereocenters. The highest BCUT2D eigenvalue weighted by atomic mass is 14.9. The molecule has 1 aromatic heterocycles. The van der Waals surface area contributed by atoms with Crippen LogP contribution in [0, 0.1) is 13.8 Å². The van der Waals surface area contributed by atoms with E-state index in [-0.39, 0.29) is 10.8 Å². The summed E-state index contributed by atoms with van der Waals surface area (Å²) in [6, 6.07) is 9.55. The van der Waals surface area contributed by atoms with Crippen molar-refractivity contribution >= 4 is 21.8 Å². The summed E-state index contributed by atoms with van der Waals surface area (Å²) in [4.78, 5) is 0. The maximum Gasteiger partial charge on any atom is 0.0518 e. The second-order valence-corrected chi connectivity index (χ2v) is 9.44. The van der Waals surface area contributed by atoms with Crippen molar-refractivity contribution in [2.24, 2.45) is 7.05 Å². The third-order valence-corrected chi connectivity index (χ3v) is 5.29. The SMILES string of the molecule is Cc1cc(C(C)(C)C)cc2c3cc(C(C)(C)C)cc(C)c3n(C)c12. The molecule has 0 atom stereocenters. The Balaban J connectivity index is 2.51. The average molecular weight is 322 g/mol. The summed E-state index contributed by atoms with van der Waals surface area (Å²) in [7, 11) is 2.21. The van der Waals surface area contributed by atoms with Crippen molar-refractivity contribution in [2.75, 3.05) is 0 Å². The van der Waals surface area contributed by atoms with Crippen LogP contribution in [0.4, 0.5) is 0 Å². The Kier molecular flexibility index (Phi) is 3.64. The van der Waals surface area contributed by atoms with Crippen molar-refractivity contribution in [3.8, 4) is 0 Å². The van der Waals surface area contributed by atoms with Gasteiger partial charge in [-0.1, -0.05) is 53.7 Å². The van der Waals surface area contributed by atoms with E-state index in [1.807, 2.05) is 0 Å². The number of benzene rings is 2. The number of nitrogens with zero attached hydrogens (tertiary/aromatic N) is 1. The molecule has 0 bridgehead atoms. The maximum absolute atomic E-state index is 2.41. The predicted octanol–water partition coefficient (Wildman–Crippen LogP) is 6.54. The number of rotatable bonds is 0. The minimum Gasteiger partial charge on any atom is -0.343 e. The number of hydrogen-bond acceptors (Lipinski definition) is 0. The fraction of sp³-hybridized carbons (Fsp3) is 0.478. The zero-order chi connectivity index (χ0) is 18.0. The van der Waals surface area contributed by atoms with Gasteiger partial charge < -0.3 is 4.57 Å².